The number of carbonyl (C=O) groups excluding carboxylic acids is 1. The Hall–Kier alpha value is -3.80. The van der Waals surface area contributed by atoms with Crippen molar-refractivity contribution in [2.75, 3.05) is 12.4 Å². The number of amides is 2. The third-order valence-electron chi connectivity index (χ3n) is 6.09. The number of hydrogen-bond donors (Lipinski definition) is 1. The highest BCUT2D eigenvalue weighted by molar-refractivity contribution is 6.31. The second kappa shape index (κ2) is 10.4. The fraction of sp³-hybridized carbons (Fsp3) is 0.103. The van der Waals surface area contributed by atoms with Crippen molar-refractivity contribution in [2.24, 2.45) is 5.10 Å². The van der Waals surface area contributed by atoms with Gasteiger partial charge >= 0.3 is 6.03 Å². The van der Waals surface area contributed by atoms with E-state index in [0.29, 0.717) is 27.9 Å². The Morgan fingerprint density at radius 1 is 0.889 bits per heavy atom. The number of benzene rings is 4. The van der Waals surface area contributed by atoms with E-state index in [2.05, 4.69) is 5.32 Å². The molecule has 0 bridgehead atoms. The van der Waals surface area contributed by atoms with Crippen LogP contribution < -0.4 is 10.1 Å². The fourth-order valence-electron chi connectivity index (χ4n) is 4.26. The lowest BCUT2D eigenvalue weighted by Crippen LogP contribution is -2.31. The number of halogens is 2. The van der Waals surface area contributed by atoms with Gasteiger partial charge in [0.15, 0.2) is 0 Å². The van der Waals surface area contributed by atoms with Gasteiger partial charge in [0.1, 0.15) is 5.75 Å². The maximum Gasteiger partial charge on any atom is 0.342 e. The number of urea groups is 1. The van der Waals surface area contributed by atoms with Crippen molar-refractivity contribution >= 4 is 40.6 Å². The predicted molar refractivity (Wildman–Crippen MR) is 146 cm³/mol. The number of methoxy groups -OCH3 is 1. The van der Waals surface area contributed by atoms with Gasteiger partial charge < -0.3 is 10.1 Å². The quantitative estimate of drug-likeness (QED) is 0.292. The highest BCUT2D eigenvalue weighted by Gasteiger charge is 2.33. The predicted octanol–water partition coefficient (Wildman–Crippen LogP) is 8.05. The SMILES string of the molecule is COc1cc(NC(=O)N2N=C(c3ccc(Cl)cc3)CC2c2ccc(Cl)cc2)ccc1-c1ccccc1. The molecule has 0 fully saturated rings. The first-order chi connectivity index (χ1) is 17.5. The lowest BCUT2D eigenvalue weighted by atomic mass is 9.98. The van der Waals surface area contributed by atoms with Crippen molar-refractivity contribution < 1.29 is 9.53 Å². The Morgan fingerprint density at radius 2 is 1.56 bits per heavy atom. The molecule has 7 heteroatoms. The van der Waals surface area contributed by atoms with E-state index in [1.54, 1.807) is 7.11 Å². The molecule has 1 aliphatic heterocycles. The summed E-state index contributed by atoms with van der Waals surface area (Å²) in [6.07, 6.45) is 0.562. The molecule has 4 aromatic rings. The summed E-state index contributed by atoms with van der Waals surface area (Å²) in [7, 11) is 1.62. The standard InChI is InChI=1S/C29H23Cl2N3O2/c1-36-28-17-24(15-16-25(28)19-5-3-2-4-6-19)32-29(35)34-27(21-9-13-23(31)14-10-21)18-26(33-34)20-7-11-22(30)12-8-20/h2-17,27H,18H2,1H3,(H,32,35). The maximum atomic E-state index is 13.5. The number of hydrazone groups is 1. The van der Waals surface area contributed by atoms with Crippen LogP contribution in [0.15, 0.2) is 102 Å². The molecule has 5 rings (SSSR count). The van der Waals surface area contributed by atoms with E-state index >= 15 is 0 Å². The first kappa shape index (κ1) is 23.9. The van der Waals surface area contributed by atoms with Crippen LogP contribution >= 0.6 is 23.2 Å². The van der Waals surface area contributed by atoms with Gasteiger partial charge in [-0.1, -0.05) is 77.8 Å². The molecule has 180 valence electrons. The summed E-state index contributed by atoms with van der Waals surface area (Å²) in [4.78, 5) is 13.5. The van der Waals surface area contributed by atoms with Gasteiger partial charge in [-0.3, -0.25) is 0 Å². The molecule has 0 radical (unpaired) electrons. The maximum absolute atomic E-state index is 13.5. The number of nitrogens with one attached hydrogen (secondary N) is 1. The minimum Gasteiger partial charge on any atom is -0.496 e. The molecule has 1 N–H and O–H groups in total. The van der Waals surface area contributed by atoms with Gasteiger partial charge in [-0.2, -0.15) is 5.10 Å². The first-order valence-electron chi connectivity index (χ1n) is 11.4. The van der Waals surface area contributed by atoms with Crippen molar-refractivity contribution in [1.82, 2.24) is 5.01 Å². The molecule has 1 atom stereocenters. The van der Waals surface area contributed by atoms with Gasteiger partial charge in [-0.05, 0) is 53.1 Å². The summed E-state index contributed by atoms with van der Waals surface area (Å²) in [5.74, 6) is 0.667. The molecule has 2 amide bonds. The molecule has 36 heavy (non-hydrogen) atoms. The molecule has 0 saturated heterocycles. The molecule has 0 aromatic heterocycles. The summed E-state index contributed by atoms with van der Waals surface area (Å²) in [5, 5.41) is 10.5. The van der Waals surface area contributed by atoms with Gasteiger partial charge in [0.05, 0.1) is 18.9 Å². The van der Waals surface area contributed by atoms with Gasteiger partial charge in [0, 0.05) is 33.8 Å². The lowest BCUT2D eigenvalue weighted by molar-refractivity contribution is 0.200. The van der Waals surface area contributed by atoms with Crippen LogP contribution in [0.5, 0.6) is 5.75 Å². The summed E-state index contributed by atoms with van der Waals surface area (Å²) >= 11 is 12.2. The zero-order chi connectivity index (χ0) is 25.1. The molecular weight excluding hydrogens is 493 g/mol. The lowest BCUT2D eigenvalue weighted by Gasteiger charge is -2.22. The smallest absolute Gasteiger partial charge is 0.342 e. The van der Waals surface area contributed by atoms with Crippen LogP contribution in [0.25, 0.3) is 11.1 Å². The normalized spacial score (nSPS) is 14.9. The first-order valence-corrected chi connectivity index (χ1v) is 12.2. The summed E-state index contributed by atoms with van der Waals surface area (Å²) in [5.41, 5.74) is 5.26. The van der Waals surface area contributed by atoms with E-state index in [1.807, 2.05) is 97.1 Å². The third-order valence-corrected chi connectivity index (χ3v) is 6.59. The van der Waals surface area contributed by atoms with Crippen molar-refractivity contribution in [3.63, 3.8) is 0 Å². The minimum absolute atomic E-state index is 0.279. The molecular formula is C29H23Cl2N3O2. The fourth-order valence-corrected chi connectivity index (χ4v) is 4.52. The van der Waals surface area contributed by atoms with Gasteiger partial charge in [-0.25, -0.2) is 9.80 Å². The highest BCUT2D eigenvalue weighted by atomic mass is 35.5. The molecule has 1 aliphatic rings. The monoisotopic (exact) mass is 515 g/mol. The zero-order valence-corrected chi connectivity index (χ0v) is 21.0. The van der Waals surface area contributed by atoms with E-state index < -0.39 is 0 Å². The number of ether oxygens (including phenoxy) is 1. The van der Waals surface area contributed by atoms with E-state index in [9.17, 15) is 4.79 Å². The second-order valence-corrected chi connectivity index (χ2v) is 9.25. The van der Waals surface area contributed by atoms with E-state index in [1.165, 1.54) is 5.01 Å². The minimum atomic E-state index is -0.339. The third kappa shape index (κ3) is 5.08. The van der Waals surface area contributed by atoms with Gasteiger partial charge in [0.2, 0.25) is 0 Å². The zero-order valence-electron chi connectivity index (χ0n) is 19.5. The van der Waals surface area contributed by atoms with Gasteiger partial charge in [0.25, 0.3) is 0 Å². The number of nitrogens with zero attached hydrogens (tertiary/aromatic N) is 2. The Kier molecular flexibility index (Phi) is 6.94. The van der Waals surface area contributed by atoms with Crippen LogP contribution in [-0.2, 0) is 0 Å². The van der Waals surface area contributed by atoms with Crippen LogP contribution in [0.3, 0.4) is 0 Å². The molecule has 4 aromatic carbocycles. The van der Waals surface area contributed by atoms with Crippen molar-refractivity contribution in [3.8, 4) is 16.9 Å². The Morgan fingerprint density at radius 3 is 2.22 bits per heavy atom. The van der Waals surface area contributed by atoms with E-state index in [0.717, 1.165) is 28.0 Å². The number of rotatable bonds is 5. The summed E-state index contributed by atoms with van der Waals surface area (Å²) in [6.45, 7) is 0. The second-order valence-electron chi connectivity index (χ2n) is 8.38. The summed E-state index contributed by atoms with van der Waals surface area (Å²) in [6, 6.07) is 29.9. The Bertz CT molecular complexity index is 1410. The highest BCUT2D eigenvalue weighted by Crippen LogP contribution is 2.36. The van der Waals surface area contributed by atoms with E-state index in [4.69, 9.17) is 33.0 Å². The average Bonchev–Trinajstić information content (AvgIpc) is 3.35. The number of anilines is 1. The Balaban J connectivity index is 1.44. The summed E-state index contributed by atoms with van der Waals surface area (Å²) < 4.78 is 5.62. The number of hydrogen-bond acceptors (Lipinski definition) is 3. The molecule has 0 spiro atoms. The van der Waals surface area contributed by atoms with Crippen LogP contribution in [0.1, 0.15) is 23.6 Å². The largest absolute Gasteiger partial charge is 0.496 e. The van der Waals surface area contributed by atoms with Crippen molar-refractivity contribution in [2.45, 2.75) is 12.5 Å². The molecule has 5 nitrogen and oxygen atoms in total. The Labute approximate surface area is 219 Å². The molecule has 0 saturated carbocycles. The van der Waals surface area contributed by atoms with Crippen LogP contribution in [0, 0.1) is 0 Å². The van der Waals surface area contributed by atoms with E-state index in [-0.39, 0.29) is 12.1 Å². The molecule has 1 heterocycles. The van der Waals surface area contributed by atoms with Crippen molar-refractivity contribution in [3.05, 3.63) is 118 Å². The average molecular weight is 516 g/mol. The molecule has 0 aliphatic carbocycles. The number of carbonyl (C=O) groups is 1. The molecule has 1 unspecified atom stereocenters. The van der Waals surface area contributed by atoms with Crippen molar-refractivity contribution in [1.29, 1.82) is 0 Å². The van der Waals surface area contributed by atoms with Crippen LogP contribution in [0.4, 0.5) is 10.5 Å². The van der Waals surface area contributed by atoms with Crippen LogP contribution in [-0.4, -0.2) is 23.9 Å². The van der Waals surface area contributed by atoms with Gasteiger partial charge in [-0.15, -0.1) is 0 Å². The topological polar surface area (TPSA) is 53.9 Å². The van der Waals surface area contributed by atoms with Crippen LogP contribution in [0.2, 0.25) is 10.0 Å².